The molecule has 5 nitrogen and oxygen atoms in total. The van der Waals surface area contributed by atoms with Crippen molar-refractivity contribution in [2.45, 2.75) is 24.2 Å². The SMILES string of the molecule is CCOC(=O)C1C(=O)C=C(c2ccc(NC(=O)c3sc4ccccc4c3Cl)cc2)CC1c1ccc(SC)cc1. The van der Waals surface area contributed by atoms with Crippen LogP contribution < -0.4 is 5.32 Å². The third-order valence-electron chi connectivity index (χ3n) is 6.80. The summed E-state index contributed by atoms with van der Waals surface area (Å²) in [4.78, 5) is 40.5. The summed E-state index contributed by atoms with van der Waals surface area (Å²) in [6.45, 7) is 1.96. The minimum absolute atomic E-state index is 0.219. The molecule has 1 N–H and O–H groups in total. The first kappa shape index (κ1) is 27.2. The van der Waals surface area contributed by atoms with E-state index in [9.17, 15) is 14.4 Å². The molecule has 0 bridgehead atoms. The molecule has 5 rings (SSSR count). The van der Waals surface area contributed by atoms with Gasteiger partial charge in [0.1, 0.15) is 10.8 Å². The number of allylic oxidation sites excluding steroid dienone is 2. The fourth-order valence-corrected chi connectivity index (χ4v) is 6.68. The number of benzene rings is 3. The number of carbonyl (C=O) groups excluding carboxylic acids is 3. The van der Waals surface area contributed by atoms with Crippen LogP contribution in [0.5, 0.6) is 0 Å². The van der Waals surface area contributed by atoms with Crippen LogP contribution in [-0.2, 0) is 14.3 Å². The van der Waals surface area contributed by atoms with Crippen molar-refractivity contribution in [3.8, 4) is 0 Å². The molecule has 198 valence electrons. The average molecular weight is 576 g/mol. The second-order valence-electron chi connectivity index (χ2n) is 9.16. The third kappa shape index (κ3) is 5.66. The number of hydrogen-bond acceptors (Lipinski definition) is 6. The van der Waals surface area contributed by atoms with E-state index in [1.807, 2.05) is 66.9 Å². The van der Waals surface area contributed by atoms with Gasteiger partial charge in [0.15, 0.2) is 5.78 Å². The number of carbonyl (C=O) groups is 3. The molecule has 2 atom stereocenters. The number of thioether (sulfide) groups is 1. The van der Waals surface area contributed by atoms with E-state index in [-0.39, 0.29) is 24.2 Å². The largest absolute Gasteiger partial charge is 0.465 e. The van der Waals surface area contributed by atoms with E-state index in [4.69, 9.17) is 16.3 Å². The van der Waals surface area contributed by atoms with Crippen molar-refractivity contribution >= 4 is 73.7 Å². The first-order valence-corrected chi connectivity index (χ1v) is 14.9. The summed E-state index contributed by atoms with van der Waals surface area (Å²) in [6, 6.07) is 23.0. The predicted octanol–water partition coefficient (Wildman–Crippen LogP) is 7.85. The lowest BCUT2D eigenvalue weighted by Crippen LogP contribution is -2.34. The van der Waals surface area contributed by atoms with Gasteiger partial charge in [-0.2, -0.15) is 0 Å². The lowest BCUT2D eigenvalue weighted by molar-refractivity contribution is -0.151. The number of hydrogen-bond donors (Lipinski definition) is 1. The Bertz CT molecular complexity index is 1570. The number of rotatable bonds is 7. The average Bonchev–Trinajstić information content (AvgIpc) is 3.29. The molecule has 1 heterocycles. The van der Waals surface area contributed by atoms with Gasteiger partial charge in [0.2, 0.25) is 0 Å². The molecule has 1 amide bonds. The molecule has 0 aliphatic heterocycles. The molecule has 0 spiro atoms. The molecular formula is C31H26ClNO4S2. The van der Waals surface area contributed by atoms with Crippen molar-refractivity contribution in [3.63, 3.8) is 0 Å². The normalized spacial score (nSPS) is 17.1. The maximum atomic E-state index is 13.2. The quantitative estimate of drug-likeness (QED) is 0.138. The fraction of sp³-hybridized carbons (Fsp3) is 0.194. The number of thiophene rings is 1. The van der Waals surface area contributed by atoms with Gasteiger partial charge < -0.3 is 10.1 Å². The number of amides is 1. The maximum absolute atomic E-state index is 13.2. The van der Waals surface area contributed by atoms with Gasteiger partial charge in [-0.1, -0.05) is 54.1 Å². The molecule has 1 aliphatic rings. The molecule has 8 heteroatoms. The van der Waals surface area contributed by atoms with Crippen LogP contribution in [0.4, 0.5) is 5.69 Å². The second kappa shape index (κ2) is 11.8. The topological polar surface area (TPSA) is 72.5 Å². The van der Waals surface area contributed by atoms with Crippen molar-refractivity contribution in [1.29, 1.82) is 0 Å². The standard InChI is InChI=1S/C31H26ClNO4S2/c1-3-37-31(36)27-24(19-10-14-22(38-2)15-11-19)16-20(17-25(27)34)18-8-12-21(13-9-18)33-30(35)29-28(32)23-6-4-5-7-26(23)39-29/h4-15,17,24,27H,3,16H2,1-2H3,(H,33,35). The Balaban J connectivity index is 1.38. The number of nitrogens with one attached hydrogen (secondary N) is 1. The number of halogens is 1. The summed E-state index contributed by atoms with van der Waals surface area (Å²) in [5.74, 6) is -2.23. The van der Waals surface area contributed by atoms with Crippen LogP contribution in [0.2, 0.25) is 5.02 Å². The molecule has 0 saturated heterocycles. The zero-order chi connectivity index (χ0) is 27.5. The molecular weight excluding hydrogens is 550 g/mol. The molecule has 2 unspecified atom stereocenters. The third-order valence-corrected chi connectivity index (χ3v) is 9.22. The van der Waals surface area contributed by atoms with Crippen LogP contribution in [0.15, 0.2) is 83.8 Å². The van der Waals surface area contributed by atoms with Gasteiger partial charge in [0.25, 0.3) is 5.91 Å². The number of ether oxygens (including phenoxy) is 1. The number of esters is 1. The summed E-state index contributed by atoms with van der Waals surface area (Å²) in [5.41, 5.74) is 3.24. The Labute approximate surface area is 240 Å². The summed E-state index contributed by atoms with van der Waals surface area (Å²) in [7, 11) is 0. The van der Waals surface area contributed by atoms with E-state index in [1.165, 1.54) is 11.3 Å². The molecule has 3 aromatic carbocycles. The van der Waals surface area contributed by atoms with Crippen LogP contribution in [0.3, 0.4) is 0 Å². The van der Waals surface area contributed by atoms with Crippen molar-refractivity contribution in [2.75, 3.05) is 18.2 Å². The van der Waals surface area contributed by atoms with Crippen molar-refractivity contribution in [3.05, 3.63) is 99.9 Å². The summed E-state index contributed by atoms with van der Waals surface area (Å²) in [5, 5.41) is 4.22. The predicted molar refractivity (Wildman–Crippen MR) is 160 cm³/mol. The summed E-state index contributed by atoms with van der Waals surface area (Å²) in [6.07, 6.45) is 4.07. The van der Waals surface area contributed by atoms with Crippen LogP contribution >= 0.6 is 34.7 Å². The van der Waals surface area contributed by atoms with E-state index in [2.05, 4.69) is 5.32 Å². The monoisotopic (exact) mass is 575 g/mol. The highest BCUT2D eigenvalue weighted by Crippen LogP contribution is 2.41. The number of anilines is 1. The van der Waals surface area contributed by atoms with E-state index in [0.717, 1.165) is 31.7 Å². The van der Waals surface area contributed by atoms with Crippen LogP contribution in [0, 0.1) is 5.92 Å². The molecule has 0 fully saturated rings. The van der Waals surface area contributed by atoms with Crippen LogP contribution in [-0.4, -0.2) is 30.5 Å². The van der Waals surface area contributed by atoms with E-state index in [0.29, 0.717) is 22.0 Å². The van der Waals surface area contributed by atoms with Gasteiger partial charge in [0.05, 0.1) is 11.6 Å². The number of ketones is 1. The van der Waals surface area contributed by atoms with Crippen LogP contribution in [0.25, 0.3) is 15.7 Å². The van der Waals surface area contributed by atoms with Gasteiger partial charge in [-0.25, -0.2) is 0 Å². The molecule has 0 radical (unpaired) electrons. The Morgan fingerprint density at radius 1 is 1.05 bits per heavy atom. The first-order chi connectivity index (χ1) is 18.9. The van der Waals surface area contributed by atoms with Gasteiger partial charge >= 0.3 is 5.97 Å². The molecule has 39 heavy (non-hydrogen) atoms. The second-order valence-corrected chi connectivity index (χ2v) is 11.5. The Hall–Kier alpha value is -3.39. The Morgan fingerprint density at radius 2 is 1.77 bits per heavy atom. The molecule has 0 saturated carbocycles. The summed E-state index contributed by atoms with van der Waals surface area (Å²) >= 11 is 9.46. The lowest BCUT2D eigenvalue weighted by atomic mass is 9.73. The molecule has 1 aliphatic carbocycles. The van der Waals surface area contributed by atoms with Gasteiger partial charge in [-0.3, -0.25) is 14.4 Å². The molecule has 4 aromatic rings. The van der Waals surface area contributed by atoms with Gasteiger partial charge in [-0.15, -0.1) is 23.1 Å². The van der Waals surface area contributed by atoms with Crippen molar-refractivity contribution in [2.24, 2.45) is 5.92 Å². The van der Waals surface area contributed by atoms with E-state index >= 15 is 0 Å². The zero-order valence-corrected chi connectivity index (χ0v) is 23.8. The highest BCUT2D eigenvalue weighted by Gasteiger charge is 2.39. The zero-order valence-electron chi connectivity index (χ0n) is 21.4. The Morgan fingerprint density at radius 3 is 2.44 bits per heavy atom. The maximum Gasteiger partial charge on any atom is 0.317 e. The highest BCUT2D eigenvalue weighted by molar-refractivity contribution is 7.98. The summed E-state index contributed by atoms with van der Waals surface area (Å²) < 4.78 is 6.22. The number of fused-ring (bicyclic) bond motifs is 1. The van der Waals surface area contributed by atoms with Crippen molar-refractivity contribution < 1.29 is 19.1 Å². The minimum atomic E-state index is -0.876. The van der Waals surface area contributed by atoms with Gasteiger partial charge in [0, 0.05) is 26.6 Å². The first-order valence-electron chi connectivity index (χ1n) is 12.5. The van der Waals surface area contributed by atoms with Crippen molar-refractivity contribution in [1.82, 2.24) is 0 Å². The van der Waals surface area contributed by atoms with Gasteiger partial charge in [-0.05, 0) is 72.7 Å². The van der Waals surface area contributed by atoms with E-state index < -0.39 is 11.9 Å². The lowest BCUT2D eigenvalue weighted by Gasteiger charge is -2.29. The minimum Gasteiger partial charge on any atom is -0.465 e. The smallest absolute Gasteiger partial charge is 0.317 e. The molecule has 1 aromatic heterocycles. The fourth-order valence-electron chi connectivity index (χ4n) is 4.86. The Kier molecular flexibility index (Phi) is 8.21. The van der Waals surface area contributed by atoms with Crippen LogP contribution in [0.1, 0.15) is 40.1 Å². The van der Waals surface area contributed by atoms with E-state index in [1.54, 1.807) is 36.9 Å². The highest BCUT2D eigenvalue weighted by atomic mass is 35.5.